The molecular formula is H2B2Na4O6. The normalized spacial score (nSPS) is 5.00. The van der Waals surface area contributed by atoms with Gasteiger partial charge < -0.3 is 30.1 Å². The molecule has 0 rings (SSSR count). The molecule has 0 bridgehead atoms. The van der Waals surface area contributed by atoms with Crippen molar-refractivity contribution in [1.29, 1.82) is 0 Å². The van der Waals surface area contributed by atoms with E-state index in [2.05, 4.69) is 4.57 Å². The topological polar surface area (TPSA) is 133 Å². The molecule has 0 amide bonds. The van der Waals surface area contributed by atoms with Crippen molar-refractivity contribution in [2.45, 2.75) is 0 Å². The van der Waals surface area contributed by atoms with Crippen LogP contribution in [0.1, 0.15) is 0 Å². The number of hydrogen-bond donors (Lipinski definition) is 0. The average Bonchev–Trinajstić information content (AvgIpc) is 1.27. The minimum Gasteiger partial charge on any atom is -0.872 e. The van der Waals surface area contributed by atoms with Gasteiger partial charge in [0.1, 0.15) is 0 Å². The number of rotatable bonds is 2. The molecule has 0 aliphatic heterocycles. The molecule has 0 atom stereocenters. The molecule has 0 spiro atoms. The maximum atomic E-state index is 9.16. The van der Waals surface area contributed by atoms with Gasteiger partial charge in [-0.25, -0.2) is 0 Å². The zero-order valence-electron chi connectivity index (χ0n) is 7.70. The molecule has 0 aromatic carbocycles. The van der Waals surface area contributed by atoms with Crippen LogP contribution >= 0.6 is 0 Å². The van der Waals surface area contributed by atoms with Crippen LogP contribution < -0.4 is 138 Å². The van der Waals surface area contributed by atoms with Gasteiger partial charge in [-0.3, -0.25) is 0 Å². The van der Waals surface area contributed by atoms with Gasteiger partial charge in [0, 0.05) is 14.6 Å². The van der Waals surface area contributed by atoms with Crippen molar-refractivity contribution in [3.05, 3.63) is 0 Å². The first-order valence-corrected chi connectivity index (χ1v) is 1.41. The fraction of sp³-hybridized carbons (Fsp3) is 0. The summed E-state index contributed by atoms with van der Waals surface area (Å²) in [6, 6.07) is 0. The van der Waals surface area contributed by atoms with Gasteiger partial charge in [0.25, 0.3) is 0 Å². The van der Waals surface area contributed by atoms with Crippen LogP contribution in [0, 0.1) is 0 Å². The summed E-state index contributed by atoms with van der Waals surface area (Å²) in [5.74, 6) is 0. The van der Waals surface area contributed by atoms with Gasteiger partial charge >= 0.3 is 118 Å². The van der Waals surface area contributed by atoms with Crippen molar-refractivity contribution in [1.82, 2.24) is 0 Å². The van der Waals surface area contributed by atoms with E-state index < -0.39 is 14.6 Å². The standard InChI is InChI=1S/B2O5.4Na.H2O/c3-1(4)7-2(5)6;;;;;/h;;;;;1H2/q-4;4*+1;. The Morgan fingerprint density at radius 2 is 0.833 bits per heavy atom. The van der Waals surface area contributed by atoms with Crippen molar-refractivity contribution >= 4 is 14.6 Å². The van der Waals surface area contributed by atoms with Gasteiger partial charge in [0.05, 0.1) is 0 Å². The second-order valence-corrected chi connectivity index (χ2v) is 0.713. The van der Waals surface area contributed by atoms with Crippen molar-refractivity contribution in [2.24, 2.45) is 0 Å². The molecular weight excluding hydrogens is 210 g/mol. The summed E-state index contributed by atoms with van der Waals surface area (Å²) in [5.41, 5.74) is 0. The SMILES string of the molecule is O.[Na+].[Na+].[Na+].[Na+].[O-]B([O-])OB([O-])[O-]. The summed E-state index contributed by atoms with van der Waals surface area (Å²) < 4.78 is 3.03. The van der Waals surface area contributed by atoms with Crippen LogP contribution in [0.25, 0.3) is 0 Å². The summed E-state index contributed by atoms with van der Waals surface area (Å²) in [5, 5.41) is 36.6. The zero-order chi connectivity index (χ0) is 5.86. The minimum absolute atomic E-state index is 0. The smallest absolute Gasteiger partial charge is 0.872 e. The van der Waals surface area contributed by atoms with Crippen molar-refractivity contribution < 1.29 is 148 Å². The maximum absolute atomic E-state index is 9.16. The molecule has 0 saturated carbocycles. The average molecular weight is 212 g/mol. The molecule has 0 heterocycles. The summed E-state index contributed by atoms with van der Waals surface area (Å²) in [4.78, 5) is 0. The van der Waals surface area contributed by atoms with E-state index in [9.17, 15) is 0 Å². The Kier molecular flexibility index (Phi) is 72.7. The van der Waals surface area contributed by atoms with Crippen LogP contribution in [0.3, 0.4) is 0 Å². The third-order valence-corrected chi connectivity index (χ3v) is 0.222. The summed E-state index contributed by atoms with van der Waals surface area (Å²) in [6.07, 6.45) is 0. The Labute approximate surface area is 160 Å². The minimum atomic E-state index is -2.75. The van der Waals surface area contributed by atoms with E-state index in [-0.39, 0.29) is 124 Å². The fourth-order valence-corrected chi connectivity index (χ4v) is 0.0907. The third-order valence-electron chi connectivity index (χ3n) is 0.222. The Balaban J connectivity index is -0.0000000180. The van der Waals surface area contributed by atoms with E-state index >= 15 is 0 Å². The molecule has 0 aromatic rings. The molecule has 12 heteroatoms. The van der Waals surface area contributed by atoms with Crippen molar-refractivity contribution in [3.8, 4) is 0 Å². The van der Waals surface area contributed by atoms with Gasteiger partial charge in [0.15, 0.2) is 0 Å². The van der Waals surface area contributed by atoms with Crippen LogP contribution in [0.15, 0.2) is 0 Å². The molecule has 0 radical (unpaired) electrons. The van der Waals surface area contributed by atoms with E-state index in [1.807, 2.05) is 0 Å². The molecule has 12 heavy (non-hydrogen) atoms. The monoisotopic (exact) mass is 212 g/mol. The molecule has 0 aliphatic rings. The first-order chi connectivity index (χ1) is 3.13. The first kappa shape index (κ1) is 36.0. The largest absolute Gasteiger partial charge is 1.00 e. The van der Waals surface area contributed by atoms with Gasteiger partial charge in [-0.05, 0) is 0 Å². The van der Waals surface area contributed by atoms with Gasteiger partial charge in [0.2, 0.25) is 0 Å². The van der Waals surface area contributed by atoms with Gasteiger partial charge in [-0.1, -0.05) is 0 Å². The Bertz CT molecular complexity index is 46.8. The second kappa shape index (κ2) is 24.2. The summed E-state index contributed by atoms with van der Waals surface area (Å²) in [7, 11) is -5.50. The van der Waals surface area contributed by atoms with E-state index in [1.165, 1.54) is 0 Å². The third kappa shape index (κ3) is 37.1. The van der Waals surface area contributed by atoms with Crippen LogP contribution in [-0.2, 0) is 4.57 Å². The van der Waals surface area contributed by atoms with E-state index in [0.29, 0.717) is 0 Å². The molecule has 48 valence electrons. The van der Waals surface area contributed by atoms with E-state index in [1.54, 1.807) is 0 Å². The quantitative estimate of drug-likeness (QED) is 0.418. The van der Waals surface area contributed by atoms with Crippen LogP contribution in [-0.4, -0.2) is 20.1 Å². The van der Waals surface area contributed by atoms with Crippen molar-refractivity contribution in [3.63, 3.8) is 0 Å². The predicted molar refractivity (Wildman–Crippen MR) is 16.2 cm³/mol. The zero-order valence-corrected chi connectivity index (χ0v) is 15.7. The Morgan fingerprint density at radius 3 is 0.833 bits per heavy atom. The Hall–Kier alpha value is 3.89. The van der Waals surface area contributed by atoms with Gasteiger partial charge in [-0.2, -0.15) is 0 Å². The second-order valence-electron chi connectivity index (χ2n) is 0.713. The van der Waals surface area contributed by atoms with Crippen molar-refractivity contribution in [2.75, 3.05) is 0 Å². The number of hydrogen-bond acceptors (Lipinski definition) is 5. The molecule has 0 aromatic heterocycles. The van der Waals surface area contributed by atoms with E-state index in [4.69, 9.17) is 20.1 Å². The molecule has 0 saturated heterocycles. The van der Waals surface area contributed by atoms with Crippen LogP contribution in [0.4, 0.5) is 0 Å². The Morgan fingerprint density at radius 1 is 0.667 bits per heavy atom. The maximum Gasteiger partial charge on any atom is 1.00 e. The molecule has 0 fully saturated rings. The van der Waals surface area contributed by atoms with Gasteiger partial charge in [-0.15, -0.1) is 0 Å². The molecule has 0 unspecified atom stereocenters. The molecule has 0 aliphatic carbocycles. The molecule has 6 nitrogen and oxygen atoms in total. The summed E-state index contributed by atoms with van der Waals surface area (Å²) in [6.45, 7) is 0. The predicted octanol–water partition coefficient (Wildman–Crippen LogP) is -18.4. The molecule has 2 N–H and O–H groups in total. The van der Waals surface area contributed by atoms with E-state index in [0.717, 1.165) is 0 Å². The fourth-order valence-electron chi connectivity index (χ4n) is 0.0907. The summed E-state index contributed by atoms with van der Waals surface area (Å²) >= 11 is 0. The first-order valence-electron chi connectivity index (χ1n) is 1.41. The van der Waals surface area contributed by atoms with Crippen LogP contribution in [0.2, 0.25) is 0 Å². The van der Waals surface area contributed by atoms with Crippen LogP contribution in [0.5, 0.6) is 0 Å².